The lowest BCUT2D eigenvalue weighted by atomic mass is 10.2. The van der Waals surface area contributed by atoms with Crippen molar-refractivity contribution in [3.63, 3.8) is 0 Å². The molecule has 1 heterocycles. The Morgan fingerprint density at radius 2 is 2.29 bits per heavy atom. The number of nitrogens with zero attached hydrogens (tertiary/aromatic N) is 2. The molecule has 1 aromatic carbocycles. The van der Waals surface area contributed by atoms with Crippen LogP contribution in [0, 0.1) is 11.7 Å². The van der Waals surface area contributed by atoms with Gasteiger partial charge in [-0.15, -0.1) is 0 Å². The van der Waals surface area contributed by atoms with Crippen molar-refractivity contribution in [2.24, 2.45) is 0 Å². The SMILES string of the molecule is COCc1n[nH]c(=S)n1-c1cc(Cl)ccc1C. The van der Waals surface area contributed by atoms with Crippen molar-refractivity contribution in [1.29, 1.82) is 0 Å². The third kappa shape index (κ3) is 2.41. The second kappa shape index (κ2) is 5.00. The maximum absolute atomic E-state index is 6.01. The topological polar surface area (TPSA) is 42.8 Å². The van der Waals surface area contributed by atoms with Crippen LogP contribution in [0.3, 0.4) is 0 Å². The van der Waals surface area contributed by atoms with Gasteiger partial charge in [0, 0.05) is 12.1 Å². The van der Waals surface area contributed by atoms with Gasteiger partial charge in [0.05, 0.1) is 5.69 Å². The lowest BCUT2D eigenvalue weighted by molar-refractivity contribution is 0.176. The Bertz CT molecular complexity index is 591. The average molecular weight is 270 g/mol. The van der Waals surface area contributed by atoms with Crippen LogP contribution in [0.5, 0.6) is 0 Å². The first kappa shape index (κ1) is 12.3. The summed E-state index contributed by atoms with van der Waals surface area (Å²) in [5.74, 6) is 0.725. The number of rotatable bonds is 3. The van der Waals surface area contributed by atoms with Crippen molar-refractivity contribution < 1.29 is 4.74 Å². The number of benzene rings is 1. The summed E-state index contributed by atoms with van der Waals surface area (Å²) in [6.45, 7) is 2.39. The molecule has 2 rings (SSSR count). The van der Waals surface area contributed by atoms with Crippen LogP contribution in [0.4, 0.5) is 0 Å². The van der Waals surface area contributed by atoms with E-state index in [1.54, 1.807) is 7.11 Å². The smallest absolute Gasteiger partial charge is 0.199 e. The van der Waals surface area contributed by atoms with Crippen LogP contribution < -0.4 is 0 Å². The zero-order valence-corrected chi connectivity index (χ0v) is 11.1. The highest BCUT2D eigenvalue weighted by Crippen LogP contribution is 2.21. The highest BCUT2D eigenvalue weighted by molar-refractivity contribution is 7.71. The second-order valence-electron chi connectivity index (χ2n) is 3.64. The zero-order chi connectivity index (χ0) is 12.4. The van der Waals surface area contributed by atoms with Crippen LogP contribution in [-0.4, -0.2) is 21.9 Å². The molecular weight excluding hydrogens is 258 g/mol. The molecular formula is C11H12ClN3OS. The van der Waals surface area contributed by atoms with Crippen LogP contribution in [0.1, 0.15) is 11.4 Å². The van der Waals surface area contributed by atoms with Gasteiger partial charge in [-0.3, -0.25) is 9.67 Å². The van der Waals surface area contributed by atoms with Crippen molar-refractivity contribution >= 4 is 23.8 Å². The molecule has 6 heteroatoms. The maximum Gasteiger partial charge on any atom is 0.199 e. The molecule has 17 heavy (non-hydrogen) atoms. The molecule has 0 radical (unpaired) electrons. The molecule has 0 saturated heterocycles. The molecule has 0 unspecified atom stereocenters. The van der Waals surface area contributed by atoms with Gasteiger partial charge in [-0.2, -0.15) is 5.10 Å². The van der Waals surface area contributed by atoms with Crippen molar-refractivity contribution in [3.05, 3.63) is 39.4 Å². The number of H-pyrrole nitrogens is 1. The maximum atomic E-state index is 6.01. The van der Waals surface area contributed by atoms with Crippen molar-refractivity contribution in [2.45, 2.75) is 13.5 Å². The van der Waals surface area contributed by atoms with E-state index in [2.05, 4.69) is 10.2 Å². The van der Waals surface area contributed by atoms with E-state index in [4.69, 9.17) is 28.6 Å². The number of hydrogen-bond acceptors (Lipinski definition) is 3. The first-order chi connectivity index (χ1) is 8.13. The Morgan fingerprint density at radius 1 is 1.53 bits per heavy atom. The van der Waals surface area contributed by atoms with Crippen molar-refractivity contribution in [2.75, 3.05) is 7.11 Å². The molecule has 0 aliphatic heterocycles. The van der Waals surface area contributed by atoms with Crippen LogP contribution >= 0.6 is 23.8 Å². The van der Waals surface area contributed by atoms with Crippen molar-refractivity contribution in [1.82, 2.24) is 14.8 Å². The third-order valence-corrected chi connectivity index (χ3v) is 2.94. The zero-order valence-electron chi connectivity index (χ0n) is 9.53. The highest BCUT2D eigenvalue weighted by Gasteiger charge is 2.10. The van der Waals surface area contributed by atoms with E-state index in [-0.39, 0.29) is 0 Å². The van der Waals surface area contributed by atoms with Gasteiger partial charge in [0.2, 0.25) is 0 Å². The first-order valence-electron chi connectivity index (χ1n) is 5.05. The van der Waals surface area contributed by atoms with Gasteiger partial charge in [-0.1, -0.05) is 17.7 Å². The molecule has 90 valence electrons. The molecule has 0 aliphatic carbocycles. The minimum absolute atomic E-state index is 0.388. The van der Waals surface area contributed by atoms with Crippen LogP contribution in [0.2, 0.25) is 5.02 Å². The Kier molecular flexibility index (Phi) is 3.61. The lowest BCUT2D eigenvalue weighted by Gasteiger charge is -2.09. The molecule has 1 aromatic heterocycles. The Balaban J connectivity index is 2.63. The number of halogens is 1. The summed E-state index contributed by atoms with van der Waals surface area (Å²) in [5, 5.41) is 7.55. The minimum atomic E-state index is 0.388. The van der Waals surface area contributed by atoms with Crippen LogP contribution in [0.25, 0.3) is 5.69 Å². The number of aryl methyl sites for hydroxylation is 1. The van der Waals surface area contributed by atoms with E-state index in [0.717, 1.165) is 17.1 Å². The number of aromatic amines is 1. The van der Waals surface area contributed by atoms with Crippen molar-refractivity contribution in [3.8, 4) is 5.69 Å². The monoisotopic (exact) mass is 269 g/mol. The number of aromatic nitrogens is 3. The quantitative estimate of drug-likeness (QED) is 0.871. The number of methoxy groups -OCH3 is 1. The van der Waals surface area contributed by atoms with Gasteiger partial charge >= 0.3 is 0 Å². The summed E-state index contributed by atoms with van der Waals surface area (Å²) in [5.41, 5.74) is 1.99. The molecule has 0 bridgehead atoms. The average Bonchev–Trinajstić information content (AvgIpc) is 2.64. The summed E-state index contributed by atoms with van der Waals surface area (Å²) in [6.07, 6.45) is 0. The molecule has 1 N–H and O–H groups in total. The summed E-state index contributed by atoms with van der Waals surface area (Å²) in [6, 6.07) is 5.66. The van der Waals surface area contributed by atoms with E-state index < -0.39 is 0 Å². The van der Waals surface area contributed by atoms with Gasteiger partial charge < -0.3 is 4.74 Å². The molecule has 0 aliphatic rings. The first-order valence-corrected chi connectivity index (χ1v) is 5.84. The van der Waals surface area contributed by atoms with E-state index in [0.29, 0.717) is 16.4 Å². The number of hydrogen-bond donors (Lipinski definition) is 1. The summed E-state index contributed by atoms with van der Waals surface area (Å²) in [4.78, 5) is 0. The Hall–Kier alpha value is -1.17. The predicted molar refractivity (Wildman–Crippen MR) is 69.2 cm³/mol. The fourth-order valence-electron chi connectivity index (χ4n) is 1.63. The van der Waals surface area contributed by atoms with Gasteiger partial charge in [0.15, 0.2) is 10.6 Å². The number of nitrogens with one attached hydrogen (secondary N) is 1. The van der Waals surface area contributed by atoms with Gasteiger partial charge in [-0.05, 0) is 36.8 Å². The summed E-state index contributed by atoms with van der Waals surface area (Å²) < 4.78 is 7.45. The molecule has 0 spiro atoms. The molecule has 0 amide bonds. The van der Waals surface area contributed by atoms with E-state index in [1.165, 1.54) is 0 Å². The van der Waals surface area contributed by atoms with E-state index >= 15 is 0 Å². The second-order valence-corrected chi connectivity index (χ2v) is 4.47. The molecule has 0 fully saturated rings. The summed E-state index contributed by atoms with van der Waals surface area (Å²) in [7, 11) is 1.62. The molecule has 0 atom stereocenters. The third-order valence-electron chi connectivity index (χ3n) is 2.43. The van der Waals surface area contributed by atoms with Gasteiger partial charge in [0.1, 0.15) is 6.61 Å². The van der Waals surface area contributed by atoms with Gasteiger partial charge in [0.25, 0.3) is 0 Å². The predicted octanol–water partition coefficient (Wildman–Crippen LogP) is 3.04. The lowest BCUT2D eigenvalue weighted by Crippen LogP contribution is -2.04. The van der Waals surface area contributed by atoms with E-state index in [9.17, 15) is 0 Å². The van der Waals surface area contributed by atoms with Crippen LogP contribution in [0.15, 0.2) is 18.2 Å². The number of ether oxygens (including phenoxy) is 1. The molecule has 2 aromatic rings. The highest BCUT2D eigenvalue weighted by atomic mass is 35.5. The molecule has 0 saturated carbocycles. The normalized spacial score (nSPS) is 10.8. The Labute approximate surface area is 109 Å². The molecule has 4 nitrogen and oxygen atoms in total. The largest absolute Gasteiger partial charge is 0.377 e. The summed E-state index contributed by atoms with van der Waals surface area (Å²) >= 11 is 11.2. The fraction of sp³-hybridized carbons (Fsp3) is 0.273. The fourth-order valence-corrected chi connectivity index (χ4v) is 2.04. The van der Waals surface area contributed by atoms with E-state index in [1.807, 2.05) is 29.7 Å². The Morgan fingerprint density at radius 3 is 3.00 bits per heavy atom. The van der Waals surface area contributed by atoms with Gasteiger partial charge in [-0.25, -0.2) is 0 Å². The van der Waals surface area contributed by atoms with Crippen LogP contribution in [-0.2, 0) is 11.3 Å². The standard InChI is InChI=1S/C11H12ClN3OS/c1-7-3-4-8(12)5-9(7)15-10(6-16-2)13-14-11(15)17/h3-5H,6H2,1-2H3,(H,14,17). The minimum Gasteiger partial charge on any atom is -0.377 e.